The first kappa shape index (κ1) is 14.8. The molecule has 1 rings (SSSR count). The molecule has 1 aromatic carbocycles. The molecule has 0 unspecified atom stereocenters. The minimum Gasteiger partial charge on any atom is -0.491 e. The monoisotopic (exact) mass is 304 g/mol. The summed E-state index contributed by atoms with van der Waals surface area (Å²) in [4.78, 5) is 0. The van der Waals surface area contributed by atoms with Crippen molar-refractivity contribution in [3.05, 3.63) is 28.8 Å². The van der Waals surface area contributed by atoms with Gasteiger partial charge in [-0.2, -0.15) is 13.2 Å². The Bertz CT molecular complexity index is 371. The van der Waals surface area contributed by atoms with Gasteiger partial charge < -0.3 is 4.74 Å². The molecule has 1 nitrogen and oxygen atoms in total. The van der Waals surface area contributed by atoms with Crippen molar-refractivity contribution in [2.75, 3.05) is 12.4 Å². The van der Waals surface area contributed by atoms with Crippen LogP contribution in [0.1, 0.15) is 5.56 Å². The lowest BCUT2D eigenvalue weighted by Gasteiger charge is -2.12. The first-order valence-electron chi connectivity index (χ1n) is 4.61. The molecule has 0 saturated carbocycles. The fourth-order valence-corrected chi connectivity index (χ4v) is 1.98. The van der Waals surface area contributed by atoms with Crippen LogP contribution in [0.4, 0.5) is 13.2 Å². The summed E-state index contributed by atoms with van der Waals surface area (Å²) in [5.41, 5.74) is -3.57. The van der Waals surface area contributed by atoms with Gasteiger partial charge in [-0.25, -0.2) is 0 Å². The molecule has 0 heterocycles. The SMILES string of the molecule is FC(F)(F)SCCOc1c(Cl)cccc1CCl. The topological polar surface area (TPSA) is 9.23 Å². The maximum absolute atomic E-state index is 11.9. The van der Waals surface area contributed by atoms with Crippen LogP contribution in [-0.4, -0.2) is 17.9 Å². The number of rotatable bonds is 5. The van der Waals surface area contributed by atoms with Crippen molar-refractivity contribution in [2.24, 2.45) is 0 Å². The number of thioether (sulfide) groups is 1. The van der Waals surface area contributed by atoms with Gasteiger partial charge in [-0.05, 0) is 17.8 Å². The highest BCUT2D eigenvalue weighted by atomic mass is 35.5. The Morgan fingerprint density at radius 1 is 1.29 bits per heavy atom. The summed E-state index contributed by atoms with van der Waals surface area (Å²) in [6.07, 6.45) is 0. The van der Waals surface area contributed by atoms with Crippen LogP contribution in [0.15, 0.2) is 18.2 Å². The fraction of sp³-hybridized carbons (Fsp3) is 0.400. The van der Waals surface area contributed by atoms with Crippen LogP contribution in [0.2, 0.25) is 5.02 Å². The molecule has 7 heteroatoms. The third-order valence-corrected chi connectivity index (χ3v) is 3.07. The van der Waals surface area contributed by atoms with Crippen molar-refractivity contribution in [2.45, 2.75) is 11.4 Å². The van der Waals surface area contributed by atoms with Crippen LogP contribution in [0.25, 0.3) is 0 Å². The highest BCUT2D eigenvalue weighted by Gasteiger charge is 2.27. The largest absolute Gasteiger partial charge is 0.491 e. The van der Waals surface area contributed by atoms with Gasteiger partial charge in [0.1, 0.15) is 5.75 Å². The average molecular weight is 305 g/mol. The Morgan fingerprint density at radius 2 is 2.00 bits per heavy atom. The third kappa shape index (κ3) is 5.27. The van der Waals surface area contributed by atoms with E-state index in [1.165, 1.54) is 0 Å². The van der Waals surface area contributed by atoms with Crippen LogP contribution in [0, 0.1) is 0 Å². The molecular weight excluding hydrogens is 296 g/mol. The predicted octanol–water partition coefficient (Wildman–Crippen LogP) is 4.71. The summed E-state index contributed by atoms with van der Waals surface area (Å²) in [6.45, 7) is -0.0716. The van der Waals surface area contributed by atoms with Gasteiger partial charge in [-0.3, -0.25) is 0 Å². The molecule has 0 aromatic heterocycles. The Balaban J connectivity index is 2.52. The summed E-state index contributed by atoms with van der Waals surface area (Å²) in [5, 5.41) is 0.347. The number of para-hydroxylation sites is 1. The van der Waals surface area contributed by atoms with Crippen molar-refractivity contribution in [1.82, 2.24) is 0 Å². The quantitative estimate of drug-likeness (QED) is 0.575. The Labute approximate surface area is 111 Å². The standard InChI is InChI=1S/C10H9Cl2F3OS/c11-6-7-2-1-3-8(12)9(7)16-4-5-17-10(13,14)15/h1-3H,4-6H2. The van der Waals surface area contributed by atoms with E-state index in [4.69, 9.17) is 27.9 Å². The number of ether oxygens (including phenoxy) is 1. The molecule has 0 atom stereocenters. The van der Waals surface area contributed by atoms with Gasteiger partial charge in [0.25, 0.3) is 0 Å². The van der Waals surface area contributed by atoms with E-state index < -0.39 is 5.51 Å². The first-order chi connectivity index (χ1) is 7.94. The molecule has 0 radical (unpaired) electrons. The zero-order chi connectivity index (χ0) is 12.9. The molecular formula is C10H9Cl2F3OS. The third-order valence-electron chi connectivity index (χ3n) is 1.79. The second-order valence-corrected chi connectivity index (χ2v) is 4.84. The van der Waals surface area contributed by atoms with E-state index in [1.54, 1.807) is 18.2 Å². The lowest BCUT2D eigenvalue weighted by molar-refractivity contribution is -0.0329. The fourth-order valence-electron chi connectivity index (χ4n) is 1.12. The van der Waals surface area contributed by atoms with E-state index in [2.05, 4.69) is 0 Å². The molecule has 0 saturated heterocycles. The molecule has 0 amide bonds. The highest BCUT2D eigenvalue weighted by molar-refractivity contribution is 8.00. The smallest absolute Gasteiger partial charge is 0.441 e. The maximum atomic E-state index is 11.9. The van der Waals surface area contributed by atoms with Crippen molar-refractivity contribution in [3.63, 3.8) is 0 Å². The lowest BCUT2D eigenvalue weighted by atomic mass is 10.2. The second kappa shape index (κ2) is 6.61. The van der Waals surface area contributed by atoms with Crippen molar-refractivity contribution in [1.29, 1.82) is 0 Å². The highest BCUT2D eigenvalue weighted by Crippen LogP contribution is 2.32. The Hall–Kier alpha value is -0.260. The van der Waals surface area contributed by atoms with Crippen molar-refractivity contribution in [3.8, 4) is 5.75 Å². The zero-order valence-corrected chi connectivity index (χ0v) is 10.9. The maximum Gasteiger partial charge on any atom is 0.441 e. The van der Waals surface area contributed by atoms with Crippen LogP contribution in [0.5, 0.6) is 5.75 Å². The molecule has 0 aliphatic heterocycles. The van der Waals surface area contributed by atoms with Crippen molar-refractivity contribution < 1.29 is 17.9 Å². The molecule has 96 valence electrons. The molecule has 0 spiro atoms. The van der Waals surface area contributed by atoms with Gasteiger partial charge in [0.15, 0.2) is 0 Å². The van der Waals surface area contributed by atoms with E-state index >= 15 is 0 Å². The normalized spacial score (nSPS) is 11.6. The van der Waals surface area contributed by atoms with Gasteiger partial charge in [-0.15, -0.1) is 11.6 Å². The Kier molecular flexibility index (Phi) is 5.76. The summed E-state index contributed by atoms with van der Waals surface area (Å²) in [6, 6.07) is 5.02. The number of alkyl halides is 4. The molecule has 1 aromatic rings. The number of benzene rings is 1. The minimum absolute atomic E-state index is 0.0716. The number of halogens is 5. The minimum atomic E-state index is -4.24. The number of hydrogen-bond donors (Lipinski definition) is 0. The predicted molar refractivity (Wildman–Crippen MR) is 65.0 cm³/mol. The van der Waals surface area contributed by atoms with Crippen molar-refractivity contribution >= 4 is 35.0 Å². The zero-order valence-electron chi connectivity index (χ0n) is 8.56. The summed E-state index contributed by atoms with van der Waals surface area (Å²) < 4.78 is 40.8. The summed E-state index contributed by atoms with van der Waals surface area (Å²) in [7, 11) is 0. The van der Waals surface area contributed by atoms with Crippen LogP contribution < -0.4 is 4.74 Å². The van der Waals surface area contributed by atoms with E-state index in [-0.39, 0.29) is 30.0 Å². The first-order valence-corrected chi connectivity index (χ1v) is 6.50. The second-order valence-electron chi connectivity index (χ2n) is 3.00. The van der Waals surface area contributed by atoms with E-state index in [1.807, 2.05) is 0 Å². The van der Waals surface area contributed by atoms with Crippen LogP contribution in [-0.2, 0) is 5.88 Å². The van der Waals surface area contributed by atoms with Gasteiger partial charge >= 0.3 is 5.51 Å². The summed E-state index contributed by atoms with van der Waals surface area (Å²) in [5.74, 6) is 0.366. The number of hydrogen-bond acceptors (Lipinski definition) is 2. The van der Waals surface area contributed by atoms with Crippen LogP contribution >= 0.6 is 35.0 Å². The van der Waals surface area contributed by atoms with Gasteiger partial charge in [0.05, 0.1) is 17.5 Å². The average Bonchev–Trinajstić information content (AvgIpc) is 2.24. The Morgan fingerprint density at radius 3 is 2.59 bits per heavy atom. The van der Waals surface area contributed by atoms with Gasteiger partial charge in [0, 0.05) is 11.3 Å². The van der Waals surface area contributed by atoms with Gasteiger partial charge in [-0.1, -0.05) is 23.7 Å². The molecule has 0 bridgehead atoms. The van der Waals surface area contributed by atoms with E-state index in [9.17, 15) is 13.2 Å². The summed E-state index contributed by atoms with van der Waals surface area (Å²) >= 11 is 11.4. The lowest BCUT2D eigenvalue weighted by Crippen LogP contribution is -2.08. The molecule has 0 aliphatic rings. The molecule has 0 N–H and O–H groups in total. The molecule has 17 heavy (non-hydrogen) atoms. The van der Waals surface area contributed by atoms with E-state index in [0.717, 1.165) is 0 Å². The van der Waals surface area contributed by atoms with Gasteiger partial charge in [0.2, 0.25) is 0 Å². The van der Waals surface area contributed by atoms with Crippen LogP contribution in [0.3, 0.4) is 0 Å². The molecule has 0 aliphatic carbocycles. The van der Waals surface area contributed by atoms with E-state index in [0.29, 0.717) is 16.3 Å². The molecule has 0 fully saturated rings.